The summed E-state index contributed by atoms with van der Waals surface area (Å²) in [6.45, 7) is 0.538. The van der Waals surface area contributed by atoms with Gasteiger partial charge in [0.25, 0.3) is 0 Å². The Bertz CT molecular complexity index is 617. The van der Waals surface area contributed by atoms with E-state index in [0.717, 1.165) is 11.4 Å². The Morgan fingerprint density at radius 3 is 2.67 bits per heavy atom. The SMILES string of the molecule is COc1cccc(NC(=O)CCNc2cccc(Cl)c2)c1. The maximum atomic E-state index is 11.9. The predicted molar refractivity (Wildman–Crippen MR) is 86.2 cm³/mol. The molecule has 1 amide bonds. The number of hydrogen-bond donors (Lipinski definition) is 2. The molecule has 4 nitrogen and oxygen atoms in total. The van der Waals surface area contributed by atoms with E-state index in [9.17, 15) is 4.79 Å². The second-order valence-corrected chi connectivity index (χ2v) is 4.90. The van der Waals surface area contributed by atoms with Crippen LogP contribution in [0, 0.1) is 0 Å². The monoisotopic (exact) mass is 304 g/mol. The summed E-state index contributed by atoms with van der Waals surface area (Å²) in [4.78, 5) is 11.9. The van der Waals surface area contributed by atoms with Gasteiger partial charge >= 0.3 is 0 Å². The number of hydrogen-bond acceptors (Lipinski definition) is 3. The smallest absolute Gasteiger partial charge is 0.226 e. The van der Waals surface area contributed by atoms with E-state index in [0.29, 0.717) is 23.7 Å². The van der Waals surface area contributed by atoms with Gasteiger partial charge in [-0.2, -0.15) is 0 Å². The number of halogens is 1. The summed E-state index contributed by atoms with van der Waals surface area (Å²) in [6, 6.07) is 14.7. The van der Waals surface area contributed by atoms with Crippen molar-refractivity contribution in [2.24, 2.45) is 0 Å². The zero-order chi connectivity index (χ0) is 15.1. The minimum atomic E-state index is -0.0576. The highest BCUT2D eigenvalue weighted by molar-refractivity contribution is 6.30. The second-order valence-electron chi connectivity index (χ2n) is 4.47. The number of amides is 1. The van der Waals surface area contributed by atoms with Crippen molar-refractivity contribution in [1.82, 2.24) is 0 Å². The zero-order valence-electron chi connectivity index (χ0n) is 11.7. The first kappa shape index (κ1) is 15.2. The summed E-state index contributed by atoms with van der Waals surface area (Å²) in [5, 5.41) is 6.65. The van der Waals surface area contributed by atoms with Crippen molar-refractivity contribution < 1.29 is 9.53 Å². The van der Waals surface area contributed by atoms with E-state index in [-0.39, 0.29) is 5.91 Å². The fourth-order valence-corrected chi connectivity index (χ4v) is 2.03. The lowest BCUT2D eigenvalue weighted by molar-refractivity contribution is -0.115. The molecule has 0 spiro atoms. The van der Waals surface area contributed by atoms with Gasteiger partial charge in [0.2, 0.25) is 5.91 Å². The van der Waals surface area contributed by atoms with Crippen molar-refractivity contribution in [3.05, 3.63) is 53.6 Å². The van der Waals surface area contributed by atoms with Crippen molar-refractivity contribution in [2.75, 3.05) is 24.3 Å². The molecular formula is C16H17ClN2O2. The molecule has 0 aromatic heterocycles. The summed E-state index contributed by atoms with van der Waals surface area (Å²) in [5.41, 5.74) is 1.62. The van der Waals surface area contributed by atoms with E-state index in [1.807, 2.05) is 42.5 Å². The zero-order valence-corrected chi connectivity index (χ0v) is 12.5. The van der Waals surface area contributed by atoms with Gasteiger partial charge in [-0.1, -0.05) is 23.7 Å². The van der Waals surface area contributed by atoms with Gasteiger partial charge in [-0.05, 0) is 30.3 Å². The molecule has 0 saturated carbocycles. The molecule has 0 heterocycles. The van der Waals surface area contributed by atoms with Gasteiger partial charge in [0.1, 0.15) is 5.75 Å². The summed E-state index contributed by atoms with van der Waals surface area (Å²) in [6.07, 6.45) is 0.365. The number of rotatable bonds is 6. The van der Waals surface area contributed by atoms with Gasteiger partial charge in [0.05, 0.1) is 7.11 Å². The van der Waals surface area contributed by atoms with Crippen LogP contribution in [0.2, 0.25) is 5.02 Å². The highest BCUT2D eigenvalue weighted by atomic mass is 35.5. The Hall–Kier alpha value is -2.20. The molecule has 0 bridgehead atoms. The molecule has 0 aliphatic rings. The number of anilines is 2. The summed E-state index contributed by atoms with van der Waals surface area (Å²) in [5.74, 6) is 0.655. The van der Waals surface area contributed by atoms with E-state index in [1.165, 1.54) is 0 Å². The molecule has 2 rings (SSSR count). The van der Waals surface area contributed by atoms with Crippen LogP contribution >= 0.6 is 11.6 Å². The molecule has 0 saturated heterocycles. The summed E-state index contributed by atoms with van der Waals surface area (Å²) < 4.78 is 5.11. The fraction of sp³-hybridized carbons (Fsp3) is 0.188. The first-order chi connectivity index (χ1) is 10.2. The van der Waals surface area contributed by atoms with E-state index in [2.05, 4.69) is 10.6 Å². The maximum Gasteiger partial charge on any atom is 0.226 e. The molecule has 110 valence electrons. The topological polar surface area (TPSA) is 50.4 Å². The molecule has 0 unspecified atom stereocenters. The molecule has 21 heavy (non-hydrogen) atoms. The van der Waals surface area contributed by atoms with Crippen LogP contribution < -0.4 is 15.4 Å². The lowest BCUT2D eigenvalue weighted by atomic mass is 10.2. The van der Waals surface area contributed by atoms with Gasteiger partial charge in [0.15, 0.2) is 0 Å². The van der Waals surface area contributed by atoms with Crippen molar-refractivity contribution in [1.29, 1.82) is 0 Å². The molecule has 2 N–H and O–H groups in total. The Morgan fingerprint density at radius 1 is 1.14 bits per heavy atom. The molecular weight excluding hydrogens is 288 g/mol. The quantitative estimate of drug-likeness (QED) is 0.853. The van der Waals surface area contributed by atoms with E-state index < -0.39 is 0 Å². The Labute approximate surface area is 129 Å². The van der Waals surface area contributed by atoms with Crippen molar-refractivity contribution in [2.45, 2.75) is 6.42 Å². The van der Waals surface area contributed by atoms with Gasteiger partial charge in [-0.25, -0.2) is 0 Å². The van der Waals surface area contributed by atoms with Gasteiger partial charge in [-0.3, -0.25) is 4.79 Å². The molecule has 0 radical (unpaired) electrons. The molecule has 0 atom stereocenters. The second kappa shape index (κ2) is 7.55. The molecule has 2 aromatic rings. The highest BCUT2D eigenvalue weighted by Gasteiger charge is 2.03. The van der Waals surface area contributed by atoms with Gasteiger partial charge in [-0.15, -0.1) is 0 Å². The largest absolute Gasteiger partial charge is 0.497 e. The number of ether oxygens (including phenoxy) is 1. The van der Waals surface area contributed by atoms with Crippen molar-refractivity contribution in [3.63, 3.8) is 0 Å². The average Bonchev–Trinajstić information content (AvgIpc) is 2.47. The third-order valence-corrected chi connectivity index (χ3v) is 3.09. The van der Waals surface area contributed by atoms with Crippen LogP contribution in [0.15, 0.2) is 48.5 Å². The summed E-state index contributed by atoms with van der Waals surface area (Å²) in [7, 11) is 1.59. The van der Waals surface area contributed by atoms with Gasteiger partial charge in [0, 0.05) is 35.4 Å². The lowest BCUT2D eigenvalue weighted by Crippen LogP contribution is -2.16. The molecule has 0 fully saturated rings. The third kappa shape index (κ3) is 5.00. The fourth-order valence-electron chi connectivity index (χ4n) is 1.84. The molecule has 5 heteroatoms. The van der Waals surface area contributed by atoms with Crippen LogP contribution in [0.25, 0.3) is 0 Å². The normalized spacial score (nSPS) is 10.0. The summed E-state index contributed by atoms with van der Waals surface area (Å²) >= 11 is 5.89. The van der Waals surface area contributed by atoms with Crippen LogP contribution in [0.1, 0.15) is 6.42 Å². The number of methoxy groups -OCH3 is 1. The van der Waals surface area contributed by atoms with Crippen molar-refractivity contribution in [3.8, 4) is 5.75 Å². The van der Waals surface area contributed by atoms with Gasteiger partial charge < -0.3 is 15.4 Å². The number of nitrogens with one attached hydrogen (secondary N) is 2. The molecule has 0 aliphatic carbocycles. The van der Waals surface area contributed by atoms with Crippen LogP contribution in [0.5, 0.6) is 5.75 Å². The van der Waals surface area contributed by atoms with Crippen LogP contribution in [0.3, 0.4) is 0 Å². The van der Waals surface area contributed by atoms with Crippen LogP contribution in [-0.4, -0.2) is 19.6 Å². The van der Waals surface area contributed by atoms with Crippen LogP contribution in [0.4, 0.5) is 11.4 Å². The number of carbonyl (C=O) groups excluding carboxylic acids is 1. The Kier molecular flexibility index (Phi) is 5.46. The Balaban J connectivity index is 1.79. The Morgan fingerprint density at radius 2 is 1.90 bits per heavy atom. The average molecular weight is 305 g/mol. The maximum absolute atomic E-state index is 11.9. The lowest BCUT2D eigenvalue weighted by Gasteiger charge is -2.08. The minimum absolute atomic E-state index is 0.0576. The first-order valence-electron chi connectivity index (χ1n) is 6.61. The minimum Gasteiger partial charge on any atom is -0.497 e. The van der Waals surface area contributed by atoms with E-state index in [4.69, 9.17) is 16.3 Å². The molecule has 0 aliphatic heterocycles. The van der Waals surface area contributed by atoms with Crippen molar-refractivity contribution >= 4 is 28.9 Å². The predicted octanol–water partition coefficient (Wildman–Crippen LogP) is 3.79. The first-order valence-corrected chi connectivity index (χ1v) is 6.98. The standard InChI is InChI=1S/C16H17ClN2O2/c1-21-15-7-3-6-14(11-15)19-16(20)8-9-18-13-5-2-4-12(17)10-13/h2-7,10-11,18H,8-9H2,1H3,(H,19,20). The molecule has 2 aromatic carbocycles. The van der Waals surface area contributed by atoms with E-state index >= 15 is 0 Å². The van der Waals surface area contributed by atoms with E-state index in [1.54, 1.807) is 13.2 Å². The number of benzene rings is 2. The number of carbonyl (C=O) groups is 1. The third-order valence-electron chi connectivity index (χ3n) is 2.86. The van der Waals surface area contributed by atoms with Crippen LogP contribution in [-0.2, 0) is 4.79 Å². The highest BCUT2D eigenvalue weighted by Crippen LogP contribution is 2.17.